The van der Waals surface area contributed by atoms with Crippen LogP contribution in [0.25, 0.3) is 11.1 Å². The van der Waals surface area contributed by atoms with Crippen LogP contribution < -0.4 is 9.64 Å². The summed E-state index contributed by atoms with van der Waals surface area (Å²) >= 11 is 0. The highest BCUT2D eigenvalue weighted by Crippen LogP contribution is 2.35. The molecule has 1 amide bonds. The van der Waals surface area contributed by atoms with Gasteiger partial charge in [-0.05, 0) is 36.2 Å². The lowest BCUT2D eigenvalue weighted by Gasteiger charge is -2.20. The van der Waals surface area contributed by atoms with Crippen molar-refractivity contribution in [3.05, 3.63) is 71.8 Å². The fourth-order valence-corrected chi connectivity index (χ4v) is 3.92. The Kier molecular flexibility index (Phi) is 5.84. The van der Waals surface area contributed by atoms with Gasteiger partial charge in [0.05, 0.1) is 18.4 Å². The van der Waals surface area contributed by atoms with E-state index in [2.05, 4.69) is 4.98 Å². The number of carbonyl (C=O) groups is 1. The number of anilines is 1. The fourth-order valence-electron chi connectivity index (χ4n) is 3.92. The molecule has 1 aliphatic heterocycles. The number of para-hydroxylation sites is 1. The van der Waals surface area contributed by atoms with Crippen molar-refractivity contribution < 1.29 is 13.9 Å². The maximum atomic E-state index is 13.4. The zero-order valence-electron chi connectivity index (χ0n) is 17.9. The lowest BCUT2D eigenvalue weighted by atomic mass is 9.96. The van der Waals surface area contributed by atoms with Crippen molar-refractivity contribution in [1.29, 1.82) is 0 Å². The lowest BCUT2D eigenvalue weighted by molar-refractivity contribution is 0.0787. The third-order valence-electron chi connectivity index (χ3n) is 5.56. The van der Waals surface area contributed by atoms with Crippen LogP contribution in [0, 0.1) is 5.82 Å². The molecule has 0 radical (unpaired) electrons. The first kappa shape index (κ1) is 20.8. The predicted octanol–water partition coefficient (Wildman–Crippen LogP) is 3.99. The van der Waals surface area contributed by atoms with Crippen molar-refractivity contribution in [2.24, 2.45) is 0 Å². The highest BCUT2D eigenvalue weighted by molar-refractivity contribution is 5.97. The Morgan fingerprint density at radius 1 is 1.16 bits per heavy atom. The van der Waals surface area contributed by atoms with Crippen LogP contribution in [0.4, 0.5) is 10.3 Å². The van der Waals surface area contributed by atoms with Crippen LogP contribution in [0.3, 0.4) is 0 Å². The quantitative estimate of drug-likeness (QED) is 0.625. The first-order chi connectivity index (χ1) is 15.0. The summed E-state index contributed by atoms with van der Waals surface area (Å²) in [6.07, 6.45) is 2.58. The van der Waals surface area contributed by atoms with Gasteiger partial charge in [0.25, 0.3) is 5.91 Å². The average molecular weight is 420 g/mol. The zero-order valence-corrected chi connectivity index (χ0v) is 17.9. The topological polar surface area (TPSA) is 58.6 Å². The number of ether oxygens (including phenoxy) is 1. The molecule has 4 rings (SSSR count). The van der Waals surface area contributed by atoms with E-state index < -0.39 is 0 Å². The van der Waals surface area contributed by atoms with Gasteiger partial charge in [-0.15, -0.1) is 0 Å². The van der Waals surface area contributed by atoms with E-state index in [4.69, 9.17) is 9.72 Å². The molecule has 0 N–H and O–H groups in total. The summed E-state index contributed by atoms with van der Waals surface area (Å²) in [5.74, 6) is 0.895. The minimum absolute atomic E-state index is 0.0508. The molecule has 1 saturated heterocycles. The molecular weight excluding hydrogens is 395 g/mol. The molecule has 3 aromatic rings. The van der Waals surface area contributed by atoms with E-state index in [0.717, 1.165) is 23.2 Å². The van der Waals surface area contributed by atoms with Gasteiger partial charge >= 0.3 is 0 Å². The number of aromatic nitrogens is 2. The van der Waals surface area contributed by atoms with Gasteiger partial charge in [0.15, 0.2) is 0 Å². The van der Waals surface area contributed by atoms with Crippen molar-refractivity contribution in [2.75, 3.05) is 39.2 Å². The number of amides is 1. The minimum atomic E-state index is -0.287. The largest absolute Gasteiger partial charge is 0.496 e. The van der Waals surface area contributed by atoms with Crippen LogP contribution in [0.15, 0.2) is 54.7 Å². The number of rotatable bonds is 5. The van der Waals surface area contributed by atoms with Crippen molar-refractivity contribution in [1.82, 2.24) is 14.9 Å². The van der Waals surface area contributed by atoms with Crippen LogP contribution in [0.2, 0.25) is 0 Å². The van der Waals surface area contributed by atoms with Crippen LogP contribution in [-0.2, 0) is 0 Å². The molecule has 1 fully saturated rings. The number of nitrogens with zero attached hydrogens (tertiary/aromatic N) is 4. The normalized spacial score (nSPS) is 15.7. The molecule has 1 unspecified atom stereocenters. The first-order valence-corrected chi connectivity index (χ1v) is 10.2. The molecule has 1 aliphatic rings. The third kappa shape index (κ3) is 4.21. The molecule has 1 atom stereocenters. The monoisotopic (exact) mass is 420 g/mol. The number of methoxy groups -OCH3 is 1. The second kappa shape index (κ2) is 8.71. The van der Waals surface area contributed by atoms with Gasteiger partial charge in [-0.1, -0.05) is 24.3 Å². The molecule has 0 saturated carbocycles. The number of likely N-dealkylation sites (tertiary alicyclic amines) is 1. The first-order valence-electron chi connectivity index (χ1n) is 10.2. The Labute approximate surface area is 181 Å². The van der Waals surface area contributed by atoms with Crippen molar-refractivity contribution in [3.63, 3.8) is 0 Å². The highest BCUT2D eigenvalue weighted by Gasteiger charge is 2.32. The summed E-state index contributed by atoms with van der Waals surface area (Å²) < 4.78 is 18.8. The van der Waals surface area contributed by atoms with Gasteiger partial charge in [0.2, 0.25) is 5.95 Å². The van der Waals surface area contributed by atoms with Gasteiger partial charge in [-0.25, -0.2) is 14.4 Å². The van der Waals surface area contributed by atoms with E-state index in [0.29, 0.717) is 30.4 Å². The number of carbonyl (C=O) groups excluding carboxylic acids is 1. The molecule has 2 heterocycles. The van der Waals surface area contributed by atoms with E-state index in [9.17, 15) is 9.18 Å². The molecule has 7 heteroatoms. The third-order valence-corrected chi connectivity index (χ3v) is 5.56. The summed E-state index contributed by atoms with van der Waals surface area (Å²) in [7, 11) is 5.35. The molecule has 2 aromatic carbocycles. The van der Waals surface area contributed by atoms with Gasteiger partial charge in [-0.2, -0.15) is 0 Å². The average Bonchev–Trinajstić information content (AvgIpc) is 3.29. The Morgan fingerprint density at radius 3 is 2.61 bits per heavy atom. The summed E-state index contributed by atoms with van der Waals surface area (Å²) in [5.41, 5.74) is 3.15. The number of benzene rings is 2. The zero-order chi connectivity index (χ0) is 22.0. The van der Waals surface area contributed by atoms with E-state index >= 15 is 0 Å². The smallest absolute Gasteiger partial charge is 0.257 e. The molecule has 160 valence electrons. The van der Waals surface area contributed by atoms with Crippen molar-refractivity contribution >= 4 is 11.9 Å². The Balaban J connectivity index is 1.65. The maximum absolute atomic E-state index is 13.4. The SMILES string of the molecule is COc1ccccc1C(=O)N1CCC(c2nc(N(C)C)ncc2-c2ccc(F)cc2)C1. The molecule has 0 spiro atoms. The van der Waals surface area contributed by atoms with Gasteiger partial charge in [0.1, 0.15) is 11.6 Å². The summed E-state index contributed by atoms with van der Waals surface area (Å²) in [5, 5.41) is 0. The minimum Gasteiger partial charge on any atom is -0.496 e. The lowest BCUT2D eigenvalue weighted by Crippen LogP contribution is -2.29. The fraction of sp³-hybridized carbons (Fsp3) is 0.292. The van der Waals surface area contributed by atoms with E-state index in [1.165, 1.54) is 12.1 Å². The van der Waals surface area contributed by atoms with Gasteiger partial charge in [-0.3, -0.25) is 4.79 Å². The van der Waals surface area contributed by atoms with Crippen LogP contribution >= 0.6 is 0 Å². The van der Waals surface area contributed by atoms with E-state index in [1.807, 2.05) is 36.0 Å². The van der Waals surface area contributed by atoms with Gasteiger partial charge < -0.3 is 14.5 Å². The van der Waals surface area contributed by atoms with Crippen molar-refractivity contribution in [2.45, 2.75) is 12.3 Å². The molecular formula is C24H25FN4O2. The molecule has 0 bridgehead atoms. The molecule has 0 aliphatic carbocycles. The Bertz CT molecular complexity index is 1090. The molecule has 1 aromatic heterocycles. The number of hydrogen-bond donors (Lipinski definition) is 0. The van der Waals surface area contributed by atoms with Crippen LogP contribution in [0.1, 0.15) is 28.4 Å². The second-order valence-electron chi connectivity index (χ2n) is 7.81. The van der Waals surface area contributed by atoms with E-state index in [1.54, 1.807) is 37.6 Å². The number of hydrogen-bond acceptors (Lipinski definition) is 5. The number of halogens is 1. The Hall–Kier alpha value is -3.48. The summed E-state index contributed by atoms with van der Waals surface area (Å²) in [6.45, 7) is 1.18. The highest BCUT2D eigenvalue weighted by atomic mass is 19.1. The summed E-state index contributed by atoms with van der Waals surface area (Å²) in [4.78, 5) is 26.1. The second-order valence-corrected chi connectivity index (χ2v) is 7.81. The Morgan fingerprint density at radius 2 is 1.90 bits per heavy atom. The maximum Gasteiger partial charge on any atom is 0.257 e. The standard InChI is InChI=1S/C24H25FN4O2/c1-28(2)24-26-14-20(16-8-10-18(25)11-9-16)22(27-24)17-12-13-29(15-17)23(30)19-6-4-5-7-21(19)31-3/h4-11,14,17H,12-13,15H2,1-3H3. The van der Waals surface area contributed by atoms with Crippen LogP contribution in [-0.4, -0.2) is 55.1 Å². The summed E-state index contributed by atoms with van der Waals surface area (Å²) in [6, 6.07) is 13.6. The van der Waals surface area contributed by atoms with E-state index in [-0.39, 0.29) is 17.6 Å². The van der Waals surface area contributed by atoms with Gasteiger partial charge in [0, 0.05) is 44.9 Å². The molecule has 6 nitrogen and oxygen atoms in total. The predicted molar refractivity (Wildman–Crippen MR) is 118 cm³/mol. The van der Waals surface area contributed by atoms with Crippen LogP contribution in [0.5, 0.6) is 5.75 Å². The molecule has 31 heavy (non-hydrogen) atoms. The van der Waals surface area contributed by atoms with Crippen molar-refractivity contribution in [3.8, 4) is 16.9 Å².